The topological polar surface area (TPSA) is 51.8 Å². The molecule has 0 aliphatic rings. The molecule has 0 saturated carbocycles. The van der Waals surface area contributed by atoms with Crippen molar-refractivity contribution in [3.05, 3.63) is 188 Å². The van der Waals surface area contributed by atoms with Crippen molar-refractivity contribution in [3.8, 4) is 67.3 Å². The summed E-state index contributed by atoms with van der Waals surface area (Å²) in [6.07, 6.45) is 3.68. The molecule has 0 aliphatic heterocycles. The van der Waals surface area contributed by atoms with Gasteiger partial charge in [-0.15, -0.1) is 11.3 Å². The zero-order valence-corrected chi connectivity index (χ0v) is 30.9. The van der Waals surface area contributed by atoms with Crippen LogP contribution in [0.4, 0.5) is 0 Å². The average molecular weight is 734 g/mol. The van der Waals surface area contributed by atoms with E-state index in [1.54, 1.807) is 6.20 Å². The van der Waals surface area contributed by atoms with E-state index >= 15 is 0 Å². The van der Waals surface area contributed by atoms with E-state index in [-0.39, 0.29) is 0 Å². The van der Waals surface area contributed by atoms with Crippen LogP contribution in [0.2, 0.25) is 0 Å². The second-order valence-electron chi connectivity index (χ2n) is 14.1. The number of benzene rings is 7. The number of pyridine rings is 1. The number of fused-ring (bicyclic) bond motifs is 6. The average Bonchev–Trinajstić information content (AvgIpc) is 3.84. The van der Waals surface area contributed by atoms with Gasteiger partial charge in [0.15, 0.2) is 5.82 Å². The fourth-order valence-corrected chi connectivity index (χ4v) is 8.81. The van der Waals surface area contributed by atoms with E-state index in [4.69, 9.17) is 14.4 Å². The number of furan rings is 1. The maximum atomic E-state index is 6.20. The van der Waals surface area contributed by atoms with Crippen LogP contribution in [-0.4, -0.2) is 15.0 Å². The number of aromatic nitrogens is 3. The third-order valence-electron chi connectivity index (χ3n) is 10.6. The van der Waals surface area contributed by atoms with Gasteiger partial charge >= 0.3 is 0 Å². The molecule has 0 aliphatic carbocycles. The van der Waals surface area contributed by atoms with Crippen molar-refractivity contribution in [2.75, 3.05) is 0 Å². The van der Waals surface area contributed by atoms with Gasteiger partial charge in [-0.25, -0.2) is 9.97 Å². The highest BCUT2D eigenvalue weighted by Gasteiger charge is 2.14. The molecule has 0 radical (unpaired) electrons. The fourth-order valence-electron chi connectivity index (χ4n) is 7.72. The predicted molar refractivity (Wildman–Crippen MR) is 233 cm³/mol. The molecule has 0 amide bonds. The van der Waals surface area contributed by atoms with Gasteiger partial charge in [-0.05, 0) is 82.4 Å². The van der Waals surface area contributed by atoms with E-state index in [1.165, 1.54) is 31.3 Å². The van der Waals surface area contributed by atoms with Crippen molar-refractivity contribution < 1.29 is 4.42 Å². The van der Waals surface area contributed by atoms with Gasteiger partial charge < -0.3 is 4.42 Å². The third-order valence-corrected chi connectivity index (χ3v) is 11.8. The summed E-state index contributed by atoms with van der Waals surface area (Å²) in [5, 5.41) is 4.86. The molecule has 0 atom stereocenters. The summed E-state index contributed by atoms with van der Waals surface area (Å²) < 4.78 is 8.82. The van der Waals surface area contributed by atoms with Gasteiger partial charge in [0.05, 0.1) is 11.4 Å². The smallest absolute Gasteiger partial charge is 0.160 e. The van der Waals surface area contributed by atoms with Crippen LogP contribution in [0.5, 0.6) is 0 Å². The van der Waals surface area contributed by atoms with Crippen molar-refractivity contribution in [1.82, 2.24) is 15.0 Å². The Morgan fingerprint density at radius 2 is 0.946 bits per heavy atom. The molecule has 4 heterocycles. The Labute approximate surface area is 327 Å². The number of hydrogen-bond acceptors (Lipinski definition) is 5. The number of nitrogens with zero attached hydrogens (tertiary/aromatic N) is 3. The second-order valence-corrected chi connectivity index (χ2v) is 15.1. The van der Waals surface area contributed by atoms with Crippen LogP contribution in [0.25, 0.3) is 109 Å². The predicted octanol–water partition coefficient (Wildman–Crippen LogP) is 14.1. The number of thiophene rings is 1. The van der Waals surface area contributed by atoms with Crippen LogP contribution in [0.3, 0.4) is 0 Å². The molecule has 11 rings (SSSR count). The Morgan fingerprint density at radius 3 is 1.71 bits per heavy atom. The van der Waals surface area contributed by atoms with Gasteiger partial charge in [0.25, 0.3) is 0 Å². The fraction of sp³-hybridized carbons (Fsp3) is 0. The van der Waals surface area contributed by atoms with Gasteiger partial charge in [0.2, 0.25) is 0 Å². The van der Waals surface area contributed by atoms with Gasteiger partial charge in [0.1, 0.15) is 11.2 Å². The monoisotopic (exact) mass is 733 g/mol. The van der Waals surface area contributed by atoms with Crippen molar-refractivity contribution in [2.45, 2.75) is 0 Å². The van der Waals surface area contributed by atoms with Crippen LogP contribution in [-0.2, 0) is 0 Å². The Kier molecular flexibility index (Phi) is 7.64. The zero-order chi connectivity index (χ0) is 37.0. The first-order valence-corrected chi connectivity index (χ1v) is 19.5. The maximum Gasteiger partial charge on any atom is 0.160 e. The standard InChI is InChI=1S/C51H31N3OS/c1-3-12-47-41(10-1)42-24-22-38(29-48(42)55-47)33-16-20-35(21-17-33)46-30-45(53-51(54-46)39-8-5-7-36(27-39)40-9-6-26-52-31-40)34-18-14-32(15-19-34)37-23-25-50-44(28-37)43-11-2-4-13-49(43)56-50/h1-31H. The van der Waals surface area contributed by atoms with Gasteiger partial charge in [0, 0.05) is 65.6 Å². The Bertz CT molecular complexity index is 3240. The summed E-state index contributed by atoms with van der Waals surface area (Å²) in [6, 6.07) is 61.9. The summed E-state index contributed by atoms with van der Waals surface area (Å²) in [7, 11) is 0. The van der Waals surface area contributed by atoms with Crippen molar-refractivity contribution in [3.63, 3.8) is 0 Å². The normalized spacial score (nSPS) is 11.6. The summed E-state index contributed by atoms with van der Waals surface area (Å²) in [6.45, 7) is 0. The molecule has 7 aromatic carbocycles. The van der Waals surface area contributed by atoms with E-state index in [0.717, 1.165) is 72.3 Å². The molecule has 4 nitrogen and oxygen atoms in total. The molecule has 11 aromatic rings. The molecule has 4 aromatic heterocycles. The first-order chi connectivity index (χ1) is 27.7. The Hall–Kier alpha value is -7.21. The highest BCUT2D eigenvalue weighted by atomic mass is 32.1. The molecule has 0 spiro atoms. The van der Waals surface area contributed by atoms with Crippen LogP contribution in [0.15, 0.2) is 193 Å². The SMILES string of the molecule is c1cncc(-c2cccc(-c3nc(-c4ccc(-c5ccc6c(c5)oc5ccccc56)cc4)cc(-c4ccc(-c5ccc6sc7ccccc7c6c5)cc4)n3)c2)c1. The molecule has 0 fully saturated rings. The molecular weight excluding hydrogens is 703 g/mol. The highest BCUT2D eigenvalue weighted by molar-refractivity contribution is 7.25. The lowest BCUT2D eigenvalue weighted by Gasteiger charge is -2.12. The lowest BCUT2D eigenvalue weighted by Crippen LogP contribution is -1.96. The number of para-hydroxylation sites is 1. The highest BCUT2D eigenvalue weighted by Crippen LogP contribution is 2.38. The van der Waals surface area contributed by atoms with Crippen LogP contribution < -0.4 is 0 Å². The molecule has 0 N–H and O–H groups in total. The van der Waals surface area contributed by atoms with E-state index in [9.17, 15) is 0 Å². The molecule has 262 valence electrons. The summed E-state index contributed by atoms with van der Waals surface area (Å²) in [5.74, 6) is 0.668. The number of hydrogen-bond donors (Lipinski definition) is 0. The quantitative estimate of drug-likeness (QED) is 0.171. The van der Waals surface area contributed by atoms with Crippen molar-refractivity contribution in [1.29, 1.82) is 0 Å². The molecule has 5 heteroatoms. The van der Waals surface area contributed by atoms with Gasteiger partial charge in [-0.1, -0.05) is 121 Å². The maximum absolute atomic E-state index is 6.20. The Balaban J connectivity index is 0.976. The second kappa shape index (κ2) is 13.3. The molecule has 0 saturated heterocycles. The van der Waals surface area contributed by atoms with E-state index in [1.807, 2.05) is 41.8 Å². The molecule has 56 heavy (non-hydrogen) atoms. The lowest BCUT2D eigenvalue weighted by atomic mass is 9.99. The first-order valence-electron chi connectivity index (χ1n) is 18.6. The summed E-state index contributed by atoms with van der Waals surface area (Å²) >= 11 is 1.84. The van der Waals surface area contributed by atoms with E-state index in [2.05, 4.69) is 157 Å². The summed E-state index contributed by atoms with van der Waals surface area (Å²) in [5.41, 5.74) is 13.2. The molecule has 0 bridgehead atoms. The molecular formula is C51H31N3OS. The van der Waals surface area contributed by atoms with Crippen LogP contribution >= 0.6 is 11.3 Å². The minimum atomic E-state index is 0.668. The largest absolute Gasteiger partial charge is 0.456 e. The third kappa shape index (κ3) is 5.74. The summed E-state index contributed by atoms with van der Waals surface area (Å²) in [4.78, 5) is 14.7. The van der Waals surface area contributed by atoms with E-state index in [0.29, 0.717) is 5.82 Å². The Morgan fingerprint density at radius 1 is 0.357 bits per heavy atom. The van der Waals surface area contributed by atoms with Gasteiger partial charge in [-0.3, -0.25) is 4.98 Å². The van der Waals surface area contributed by atoms with Crippen molar-refractivity contribution in [2.24, 2.45) is 0 Å². The molecule has 0 unspecified atom stereocenters. The first kappa shape index (κ1) is 32.2. The van der Waals surface area contributed by atoms with Crippen molar-refractivity contribution >= 4 is 53.4 Å². The minimum Gasteiger partial charge on any atom is -0.456 e. The van der Waals surface area contributed by atoms with E-state index < -0.39 is 0 Å². The zero-order valence-electron chi connectivity index (χ0n) is 30.1. The lowest BCUT2D eigenvalue weighted by molar-refractivity contribution is 0.669. The minimum absolute atomic E-state index is 0.668. The number of rotatable bonds is 6. The van der Waals surface area contributed by atoms with Crippen LogP contribution in [0, 0.1) is 0 Å². The van der Waals surface area contributed by atoms with Gasteiger partial charge in [-0.2, -0.15) is 0 Å². The van der Waals surface area contributed by atoms with Crippen LogP contribution in [0.1, 0.15) is 0 Å².